The van der Waals surface area contributed by atoms with Gasteiger partial charge in [0.05, 0.1) is 25.4 Å². The molecule has 1 aliphatic heterocycles. The van der Waals surface area contributed by atoms with Crippen LogP contribution in [0, 0.1) is 0 Å². The van der Waals surface area contributed by atoms with E-state index in [0.29, 0.717) is 12.8 Å². The number of aliphatic hydroxyl groups is 5. The molecule has 60 heavy (non-hydrogen) atoms. The number of rotatable bonds is 36. The van der Waals surface area contributed by atoms with Gasteiger partial charge >= 0.3 is 0 Å². The molecule has 0 bridgehead atoms. The molecule has 1 rings (SSSR count). The van der Waals surface area contributed by atoms with E-state index < -0.39 is 49.5 Å². The first kappa shape index (κ1) is 54.9. The lowest BCUT2D eigenvalue weighted by molar-refractivity contribution is -0.302. The average Bonchev–Trinajstić information content (AvgIpc) is 3.25. The molecule has 0 radical (unpaired) electrons. The van der Waals surface area contributed by atoms with Gasteiger partial charge in [0.25, 0.3) is 0 Å². The van der Waals surface area contributed by atoms with E-state index >= 15 is 0 Å². The summed E-state index contributed by atoms with van der Waals surface area (Å²) in [5, 5.41) is 54.1. The fraction of sp³-hybridized carbons (Fsp3) is 0.627. The fourth-order valence-electron chi connectivity index (χ4n) is 6.36. The number of hydrogen-bond donors (Lipinski definition) is 6. The number of amides is 1. The second-order valence-corrected chi connectivity index (χ2v) is 15.4. The number of carbonyl (C=O) groups excluding carboxylic acids is 1. The van der Waals surface area contributed by atoms with Crippen molar-refractivity contribution in [2.45, 2.75) is 192 Å². The highest BCUT2D eigenvalue weighted by Crippen LogP contribution is 2.22. The summed E-state index contributed by atoms with van der Waals surface area (Å²) in [6.45, 7) is 3.57. The molecule has 1 fully saturated rings. The third kappa shape index (κ3) is 30.0. The Bertz CT molecular complexity index is 1300. The van der Waals surface area contributed by atoms with Gasteiger partial charge in [-0.3, -0.25) is 4.79 Å². The average molecular weight is 838 g/mol. The number of unbranched alkanes of at least 4 members (excludes halogenated alkanes) is 10. The molecule has 0 aromatic rings. The van der Waals surface area contributed by atoms with Crippen molar-refractivity contribution in [1.82, 2.24) is 5.32 Å². The van der Waals surface area contributed by atoms with E-state index in [4.69, 9.17) is 9.47 Å². The first-order chi connectivity index (χ1) is 29.3. The number of ether oxygens (including phenoxy) is 2. The topological polar surface area (TPSA) is 149 Å². The maximum atomic E-state index is 12.9. The van der Waals surface area contributed by atoms with Crippen molar-refractivity contribution in [2.75, 3.05) is 13.2 Å². The third-order valence-corrected chi connectivity index (χ3v) is 10.1. The summed E-state index contributed by atoms with van der Waals surface area (Å²) in [5.74, 6) is -0.239. The van der Waals surface area contributed by atoms with Crippen LogP contribution in [0.1, 0.15) is 149 Å². The van der Waals surface area contributed by atoms with Crippen LogP contribution < -0.4 is 5.32 Å². The van der Waals surface area contributed by atoms with Gasteiger partial charge in [-0.25, -0.2) is 0 Å². The minimum atomic E-state index is -1.59. The highest BCUT2D eigenvalue weighted by molar-refractivity contribution is 5.76. The van der Waals surface area contributed by atoms with Crippen molar-refractivity contribution in [3.63, 3.8) is 0 Å². The summed E-state index contributed by atoms with van der Waals surface area (Å²) in [6, 6.07) is -0.858. The van der Waals surface area contributed by atoms with Crippen molar-refractivity contribution in [3.8, 4) is 0 Å². The summed E-state index contributed by atoms with van der Waals surface area (Å²) >= 11 is 0. The molecule has 0 spiro atoms. The largest absolute Gasteiger partial charge is 0.394 e. The van der Waals surface area contributed by atoms with Crippen LogP contribution >= 0.6 is 0 Å². The quantitative estimate of drug-likeness (QED) is 0.0270. The summed E-state index contributed by atoms with van der Waals surface area (Å²) < 4.78 is 11.2. The Kier molecular flexibility index (Phi) is 36.5. The maximum Gasteiger partial charge on any atom is 0.220 e. The van der Waals surface area contributed by atoms with Gasteiger partial charge in [0.2, 0.25) is 5.91 Å². The fourth-order valence-corrected chi connectivity index (χ4v) is 6.36. The molecule has 0 aliphatic carbocycles. The Hall–Kier alpha value is -3.15. The maximum absolute atomic E-state index is 12.9. The van der Waals surface area contributed by atoms with E-state index in [9.17, 15) is 30.3 Å². The van der Waals surface area contributed by atoms with Gasteiger partial charge in [-0.2, -0.15) is 0 Å². The Labute approximate surface area is 364 Å². The Morgan fingerprint density at radius 2 is 1.05 bits per heavy atom. The zero-order valence-electron chi connectivity index (χ0n) is 37.2. The van der Waals surface area contributed by atoms with Gasteiger partial charge in [0.15, 0.2) is 6.29 Å². The van der Waals surface area contributed by atoms with E-state index in [1.54, 1.807) is 6.08 Å². The van der Waals surface area contributed by atoms with Gasteiger partial charge in [-0.05, 0) is 96.3 Å². The normalized spacial score (nSPS) is 21.6. The van der Waals surface area contributed by atoms with Gasteiger partial charge < -0.3 is 40.3 Å². The number of allylic oxidation sites excluding steroid dienone is 17. The lowest BCUT2D eigenvalue weighted by Gasteiger charge is -2.40. The van der Waals surface area contributed by atoms with Gasteiger partial charge in [-0.15, -0.1) is 0 Å². The minimum Gasteiger partial charge on any atom is -0.394 e. The van der Waals surface area contributed by atoms with Gasteiger partial charge in [-0.1, -0.05) is 155 Å². The first-order valence-corrected chi connectivity index (χ1v) is 23.1. The minimum absolute atomic E-state index is 0.231. The van der Waals surface area contributed by atoms with Crippen LogP contribution in [0.2, 0.25) is 0 Å². The van der Waals surface area contributed by atoms with E-state index in [1.807, 2.05) is 6.08 Å². The molecular weight excluding hydrogens is 755 g/mol. The first-order valence-electron chi connectivity index (χ1n) is 23.1. The monoisotopic (exact) mass is 838 g/mol. The lowest BCUT2D eigenvalue weighted by atomic mass is 9.99. The predicted molar refractivity (Wildman–Crippen MR) is 248 cm³/mol. The Balaban J connectivity index is 2.45. The summed E-state index contributed by atoms with van der Waals surface area (Å²) in [6.07, 6.45) is 51.3. The van der Waals surface area contributed by atoms with Crippen molar-refractivity contribution >= 4 is 5.91 Å². The Morgan fingerprint density at radius 3 is 1.60 bits per heavy atom. The zero-order chi connectivity index (χ0) is 43.7. The molecule has 7 atom stereocenters. The predicted octanol–water partition coefficient (Wildman–Crippen LogP) is 9.89. The van der Waals surface area contributed by atoms with E-state index in [2.05, 4.69) is 116 Å². The molecule has 1 heterocycles. The van der Waals surface area contributed by atoms with Crippen molar-refractivity contribution in [1.29, 1.82) is 0 Å². The SMILES string of the molecule is CC/C=C\C/C=C\C/C=C\C/C=C\C/C=C\C/C=C\CCCCC(=O)NC(COC1OC(CO)C(O)C(O)C1O)C(O)/C=C/CC/C=C/CC/C=C/CCCCCCCC. The molecule has 0 saturated carbocycles. The van der Waals surface area contributed by atoms with Gasteiger partial charge in [0, 0.05) is 6.42 Å². The number of hydrogen-bond acceptors (Lipinski definition) is 8. The number of aliphatic hydroxyl groups excluding tert-OH is 5. The number of carbonyl (C=O) groups is 1. The molecule has 1 amide bonds. The van der Waals surface area contributed by atoms with Crippen LogP contribution in [0.25, 0.3) is 0 Å². The highest BCUT2D eigenvalue weighted by atomic mass is 16.7. The molecule has 340 valence electrons. The molecule has 9 nitrogen and oxygen atoms in total. The molecule has 6 N–H and O–H groups in total. The van der Waals surface area contributed by atoms with Gasteiger partial charge in [0.1, 0.15) is 24.4 Å². The standard InChI is InChI=1S/C51H83NO8/c1-3-5-7-9-11-13-15-17-19-21-22-23-24-25-27-29-31-33-35-37-39-41-47(55)52-44(43-59-51-50(58)49(57)48(56)46(42-53)60-51)45(54)40-38-36-34-32-30-28-26-20-18-16-14-12-10-8-6-4-2/h5,7,11,13,17-20,22-23,25,27,30-33,38,40,44-46,48-51,53-54,56-58H,3-4,6,8-10,12,14-16,21,24,26,28-29,34-37,39,41-43H2,1-2H3,(H,52,55)/b7-5-,13-11-,19-17-,20-18+,23-22-,27-25-,32-30+,33-31-,40-38+. The van der Waals surface area contributed by atoms with E-state index in [-0.39, 0.29) is 18.9 Å². The van der Waals surface area contributed by atoms with Crippen LogP contribution in [-0.4, -0.2) is 87.5 Å². The van der Waals surface area contributed by atoms with Crippen LogP contribution in [0.4, 0.5) is 0 Å². The molecule has 0 aromatic heterocycles. The van der Waals surface area contributed by atoms with E-state index in [1.165, 1.54) is 38.5 Å². The molecular formula is C51H83NO8. The molecule has 7 unspecified atom stereocenters. The van der Waals surface area contributed by atoms with Crippen LogP contribution in [0.15, 0.2) is 109 Å². The van der Waals surface area contributed by atoms with Crippen LogP contribution in [-0.2, 0) is 14.3 Å². The third-order valence-electron chi connectivity index (χ3n) is 10.1. The summed E-state index contributed by atoms with van der Waals surface area (Å²) in [4.78, 5) is 12.9. The van der Waals surface area contributed by atoms with Crippen molar-refractivity contribution in [2.24, 2.45) is 0 Å². The second kappa shape index (κ2) is 40.0. The van der Waals surface area contributed by atoms with Crippen LogP contribution in [0.5, 0.6) is 0 Å². The summed E-state index contributed by atoms with van der Waals surface area (Å²) in [7, 11) is 0. The zero-order valence-corrected chi connectivity index (χ0v) is 37.2. The lowest BCUT2D eigenvalue weighted by Crippen LogP contribution is -2.60. The van der Waals surface area contributed by atoms with Crippen LogP contribution in [0.3, 0.4) is 0 Å². The second-order valence-electron chi connectivity index (χ2n) is 15.4. The van der Waals surface area contributed by atoms with Crippen molar-refractivity contribution < 1.29 is 39.8 Å². The summed E-state index contributed by atoms with van der Waals surface area (Å²) in [5.41, 5.74) is 0. The molecule has 9 heteroatoms. The van der Waals surface area contributed by atoms with Crippen molar-refractivity contribution in [3.05, 3.63) is 109 Å². The number of nitrogens with one attached hydrogen (secondary N) is 1. The molecule has 1 saturated heterocycles. The molecule has 1 aliphatic rings. The van der Waals surface area contributed by atoms with E-state index in [0.717, 1.165) is 77.0 Å². The Morgan fingerprint density at radius 1 is 0.583 bits per heavy atom. The highest BCUT2D eigenvalue weighted by Gasteiger charge is 2.44. The smallest absolute Gasteiger partial charge is 0.220 e. The molecule has 0 aromatic carbocycles.